The summed E-state index contributed by atoms with van der Waals surface area (Å²) in [6, 6.07) is 0. The van der Waals surface area contributed by atoms with Crippen molar-refractivity contribution in [1.82, 2.24) is 10.1 Å². The van der Waals surface area contributed by atoms with E-state index in [1.807, 2.05) is 0 Å². The SMILES string of the molecule is CCC1CCC(c2noc(C[C@@H](CN)CC(C)C)n2)CC1. The van der Waals surface area contributed by atoms with Crippen LogP contribution in [0.1, 0.15) is 76.9 Å². The van der Waals surface area contributed by atoms with Gasteiger partial charge in [-0.15, -0.1) is 0 Å². The molecule has 0 aliphatic heterocycles. The average molecular weight is 293 g/mol. The largest absolute Gasteiger partial charge is 0.339 e. The lowest BCUT2D eigenvalue weighted by molar-refractivity contribution is 0.299. The maximum Gasteiger partial charge on any atom is 0.226 e. The first-order valence-corrected chi connectivity index (χ1v) is 8.64. The maximum atomic E-state index is 5.86. The van der Waals surface area contributed by atoms with Crippen LogP contribution in [-0.2, 0) is 6.42 Å². The Bertz CT molecular complexity index is 408. The lowest BCUT2D eigenvalue weighted by Crippen LogP contribution is -2.19. The minimum Gasteiger partial charge on any atom is -0.339 e. The third kappa shape index (κ3) is 4.80. The molecule has 0 bridgehead atoms. The van der Waals surface area contributed by atoms with Crippen LogP contribution in [0.25, 0.3) is 0 Å². The average Bonchev–Trinajstić information content (AvgIpc) is 2.94. The van der Waals surface area contributed by atoms with Gasteiger partial charge >= 0.3 is 0 Å². The Balaban J connectivity index is 1.89. The van der Waals surface area contributed by atoms with Crippen LogP contribution in [-0.4, -0.2) is 16.7 Å². The first-order valence-electron chi connectivity index (χ1n) is 8.64. The molecule has 1 heterocycles. The molecule has 1 atom stereocenters. The first-order chi connectivity index (χ1) is 10.1. The Kier molecular flexibility index (Phi) is 6.22. The van der Waals surface area contributed by atoms with Crippen molar-refractivity contribution >= 4 is 0 Å². The van der Waals surface area contributed by atoms with Crippen molar-refractivity contribution in [3.63, 3.8) is 0 Å². The fourth-order valence-corrected chi connectivity index (χ4v) is 3.52. The van der Waals surface area contributed by atoms with Crippen LogP contribution in [0.5, 0.6) is 0 Å². The number of aromatic nitrogens is 2. The highest BCUT2D eigenvalue weighted by Crippen LogP contribution is 2.35. The molecule has 0 amide bonds. The molecule has 1 aliphatic rings. The van der Waals surface area contributed by atoms with Crippen molar-refractivity contribution in [2.75, 3.05) is 6.54 Å². The van der Waals surface area contributed by atoms with Gasteiger partial charge in [-0.1, -0.05) is 32.3 Å². The summed E-state index contributed by atoms with van der Waals surface area (Å²) in [6.07, 6.45) is 8.29. The highest BCUT2D eigenvalue weighted by molar-refractivity contribution is 4.98. The van der Waals surface area contributed by atoms with Gasteiger partial charge in [-0.3, -0.25) is 0 Å². The van der Waals surface area contributed by atoms with E-state index in [0.717, 1.165) is 30.5 Å². The maximum absolute atomic E-state index is 5.86. The van der Waals surface area contributed by atoms with E-state index < -0.39 is 0 Å². The van der Waals surface area contributed by atoms with Gasteiger partial charge in [-0.05, 0) is 56.4 Å². The number of hydrogen-bond donors (Lipinski definition) is 1. The van der Waals surface area contributed by atoms with E-state index in [-0.39, 0.29) is 0 Å². The summed E-state index contributed by atoms with van der Waals surface area (Å²) >= 11 is 0. The zero-order valence-corrected chi connectivity index (χ0v) is 13.8. The van der Waals surface area contributed by atoms with Gasteiger partial charge in [0.25, 0.3) is 0 Å². The summed E-state index contributed by atoms with van der Waals surface area (Å²) in [7, 11) is 0. The monoisotopic (exact) mass is 293 g/mol. The molecule has 1 saturated carbocycles. The second kappa shape index (κ2) is 7.92. The van der Waals surface area contributed by atoms with Gasteiger partial charge in [0.05, 0.1) is 0 Å². The van der Waals surface area contributed by atoms with Crippen molar-refractivity contribution in [2.24, 2.45) is 23.5 Å². The summed E-state index contributed by atoms with van der Waals surface area (Å²) in [5.41, 5.74) is 5.86. The molecule has 1 aliphatic carbocycles. The predicted molar refractivity (Wildman–Crippen MR) is 85.0 cm³/mol. The van der Waals surface area contributed by atoms with E-state index in [1.165, 1.54) is 32.1 Å². The van der Waals surface area contributed by atoms with Gasteiger partial charge in [0, 0.05) is 12.3 Å². The van der Waals surface area contributed by atoms with Gasteiger partial charge in [-0.25, -0.2) is 0 Å². The molecule has 0 radical (unpaired) electrons. The van der Waals surface area contributed by atoms with Crippen LogP contribution < -0.4 is 5.73 Å². The molecule has 2 rings (SSSR count). The Morgan fingerprint density at radius 1 is 1.24 bits per heavy atom. The number of nitrogens with zero attached hydrogens (tertiary/aromatic N) is 2. The molecule has 0 unspecified atom stereocenters. The molecule has 4 heteroatoms. The molecule has 0 saturated heterocycles. The predicted octanol–water partition coefficient (Wildman–Crippen LogP) is 3.92. The van der Waals surface area contributed by atoms with Crippen molar-refractivity contribution in [3.05, 3.63) is 11.7 Å². The topological polar surface area (TPSA) is 64.9 Å². The third-order valence-corrected chi connectivity index (χ3v) is 4.87. The van der Waals surface area contributed by atoms with Crippen LogP contribution in [0.15, 0.2) is 4.52 Å². The van der Waals surface area contributed by atoms with E-state index in [9.17, 15) is 0 Å². The summed E-state index contributed by atoms with van der Waals surface area (Å²) in [4.78, 5) is 4.65. The van der Waals surface area contributed by atoms with E-state index in [0.29, 0.717) is 24.3 Å². The molecule has 0 aromatic carbocycles. The number of rotatable bonds is 7. The van der Waals surface area contributed by atoms with Gasteiger partial charge in [0.2, 0.25) is 5.89 Å². The molecular formula is C17H31N3O. The highest BCUT2D eigenvalue weighted by atomic mass is 16.5. The zero-order valence-electron chi connectivity index (χ0n) is 13.8. The fraction of sp³-hybridized carbons (Fsp3) is 0.882. The Morgan fingerprint density at radius 3 is 2.52 bits per heavy atom. The lowest BCUT2D eigenvalue weighted by atomic mass is 9.80. The van der Waals surface area contributed by atoms with Gasteiger partial charge in [-0.2, -0.15) is 4.98 Å². The molecule has 4 nitrogen and oxygen atoms in total. The molecule has 120 valence electrons. The van der Waals surface area contributed by atoms with Crippen molar-refractivity contribution in [1.29, 1.82) is 0 Å². The van der Waals surface area contributed by atoms with Crippen LogP contribution in [0.2, 0.25) is 0 Å². The summed E-state index contributed by atoms with van der Waals surface area (Å²) < 4.78 is 5.47. The van der Waals surface area contributed by atoms with Crippen LogP contribution >= 0.6 is 0 Å². The molecule has 2 N–H and O–H groups in total. The van der Waals surface area contributed by atoms with Gasteiger partial charge in [0.15, 0.2) is 5.82 Å². The normalized spacial score (nSPS) is 24.4. The van der Waals surface area contributed by atoms with E-state index in [2.05, 4.69) is 30.9 Å². The van der Waals surface area contributed by atoms with Crippen LogP contribution in [0.3, 0.4) is 0 Å². The smallest absolute Gasteiger partial charge is 0.226 e. The summed E-state index contributed by atoms with van der Waals surface area (Å²) in [5, 5.41) is 4.23. The molecule has 1 aromatic rings. The van der Waals surface area contributed by atoms with Crippen LogP contribution in [0.4, 0.5) is 0 Å². The molecule has 1 fully saturated rings. The quantitative estimate of drug-likeness (QED) is 0.827. The van der Waals surface area contributed by atoms with Crippen molar-refractivity contribution in [2.45, 2.75) is 71.6 Å². The summed E-state index contributed by atoms with van der Waals surface area (Å²) in [5.74, 6) is 4.23. The second-order valence-electron chi connectivity index (χ2n) is 7.11. The second-order valence-corrected chi connectivity index (χ2v) is 7.11. The minimum atomic E-state index is 0.453. The minimum absolute atomic E-state index is 0.453. The Hall–Kier alpha value is -0.900. The lowest BCUT2D eigenvalue weighted by Gasteiger charge is -2.25. The Morgan fingerprint density at radius 2 is 1.95 bits per heavy atom. The first kappa shape index (κ1) is 16.5. The zero-order chi connectivity index (χ0) is 15.2. The van der Waals surface area contributed by atoms with Crippen molar-refractivity contribution < 1.29 is 4.52 Å². The summed E-state index contributed by atoms with van der Waals surface area (Å²) in [6.45, 7) is 7.44. The van der Waals surface area contributed by atoms with Crippen molar-refractivity contribution in [3.8, 4) is 0 Å². The molecule has 21 heavy (non-hydrogen) atoms. The van der Waals surface area contributed by atoms with Crippen LogP contribution in [0, 0.1) is 17.8 Å². The van der Waals surface area contributed by atoms with E-state index in [1.54, 1.807) is 0 Å². The number of nitrogens with two attached hydrogens (primary N) is 1. The van der Waals surface area contributed by atoms with E-state index in [4.69, 9.17) is 10.3 Å². The third-order valence-electron chi connectivity index (χ3n) is 4.87. The van der Waals surface area contributed by atoms with Gasteiger partial charge < -0.3 is 10.3 Å². The standard InChI is InChI=1S/C17H31N3O/c1-4-13-5-7-15(8-6-13)17-19-16(21-20-17)10-14(11-18)9-12(2)3/h12-15H,4-11,18H2,1-3H3/t13?,14-,15?/m0/s1. The molecule has 1 aromatic heterocycles. The molecular weight excluding hydrogens is 262 g/mol. The fourth-order valence-electron chi connectivity index (χ4n) is 3.52. The van der Waals surface area contributed by atoms with Gasteiger partial charge in [0.1, 0.15) is 0 Å². The van der Waals surface area contributed by atoms with E-state index >= 15 is 0 Å². The number of hydrogen-bond acceptors (Lipinski definition) is 4. The Labute approximate surface area is 128 Å². The highest BCUT2D eigenvalue weighted by Gasteiger charge is 2.25. The molecule has 0 spiro atoms.